The van der Waals surface area contributed by atoms with Gasteiger partial charge in [0.2, 0.25) is 0 Å². The molecule has 64 heavy (non-hydrogen) atoms. The summed E-state index contributed by atoms with van der Waals surface area (Å²) >= 11 is 0. The predicted octanol–water partition coefficient (Wildman–Crippen LogP) is 15.0. The molecule has 0 aromatic carbocycles. The molecule has 0 aromatic heterocycles. The molecule has 1 N–H and O–H groups in total. The highest BCUT2D eigenvalue weighted by Crippen LogP contribution is 2.67. The van der Waals surface area contributed by atoms with Gasteiger partial charge in [-0.2, -0.15) is 0 Å². The summed E-state index contributed by atoms with van der Waals surface area (Å²) < 4.78 is 41.7. The number of likely N-dealkylation sites (N-methyl/N-ethyl adjacent to an activating group) is 1. The summed E-state index contributed by atoms with van der Waals surface area (Å²) in [6.07, 6.45) is 35.0. The third-order valence-corrected chi connectivity index (χ3v) is 17.7. The number of hydrogen-bond donors (Lipinski definition) is 1. The molecule has 0 radical (unpaired) electrons. The van der Waals surface area contributed by atoms with Crippen LogP contribution < -0.4 is 0 Å². The number of phosphoric ester groups is 1. The Morgan fingerprint density at radius 3 is 2.00 bits per heavy atom. The van der Waals surface area contributed by atoms with Crippen molar-refractivity contribution in [2.45, 2.75) is 227 Å². The van der Waals surface area contributed by atoms with Gasteiger partial charge in [0.1, 0.15) is 32.0 Å². The minimum absolute atomic E-state index is 0.0848. The molecule has 3 saturated carbocycles. The molecule has 3 fully saturated rings. The van der Waals surface area contributed by atoms with Crippen LogP contribution in [0.15, 0.2) is 11.6 Å². The number of fused-ring (bicyclic) bond motifs is 5. The van der Waals surface area contributed by atoms with Crippen molar-refractivity contribution in [1.29, 1.82) is 0 Å². The van der Waals surface area contributed by atoms with Crippen molar-refractivity contribution in [3.8, 4) is 0 Å². The number of phosphoric acid groups is 1. The van der Waals surface area contributed by atoms with Crippen LogP contribution in [0, 0.1) is 46.3 Å². The average Bonchev–Trinajstić information content (AvgIpc) is 3.59. The second kappa shape index (κ2) is 27.9. The molecule has 4 rings (SSSR count). The maximum atomic E-state index is 13.2. The summed E-state index contributed by atoms with van der Waals surface area (Å²) in [4.78, 5) is 23.6. The Bertz CT molecular complexity index is 1400. The third-order valence-electron chi connectivity index (χ3n) is 16.7. The predicted molar refractivity (Wildman–Crippen MR) is 263 cm³/mol. The van der Waals surface area contributed by atoms with Crippen LogP contribution in [0.1, 0.15) is 215 Å². The molecule has 0 aliphatic heterocycles. The van der Waals surface area contributed by atoms with Gasteiger partial charge in [0.25, 0.3) is 0 Å². The number of carbonyl (C=O) groups is 1. The van der Waals surface area contributed by atoms with E-state index in [-0.39, 0.29) is 31.3 Å². The van der Waals surface area contributed by atoms with Crippen molar-refractivity contribution in [2.24, 2.45) is 46.3 Å². The lowest BCUT2D eigenvalue weighted by atomic mass is 9.47. The van der Waals surface area contributed by atoms with Gasteiger partial charge in [-0.15, -0.1) is 0 Å². The first-order valence-corrected chi connectivity index (χ1v) is 28.5. The van der Waals surface area contributed by atoms with E-state index in [9.17, 15) is 14.3 Å². The molecule has 374 valence electrons. The summed E-state index contributed by atoms with van der Waals surface area (Å²) in [5.41, 5.74) is 2.12. The molecule has 0 heterocycles. The number of nitrogens with zero attached hydrogens (tertiary/aromatic N) is 1. The topological polar surface area (TPSA) is 101 Å². The molecule has 10 atom stereocenters. The summed E-state index contributed by atoms with van der Waals surface area (Å²) in [6.45, 7) is 15.5. The van der Waals surface area contributed by atoms with Crippen LogP contribution in [0.4, 0.5) is 4.79 Å². The molecule has 0 aromatic rings. The van der Waals surface area contributed by atoms with Crippen molar-refractivity contribution >= 4 is 14.0 Å². The maximum absolute atomic E-state index is 13.2. The zero-order valence-corrected chi connectivity index (χ0v) is 43.9. The molecule has 0 spiro atoms. The Labute approximate surface area is 393 Å². The highest BCUT2D eigenvalue weighted by Gasteiger charge is 2.59. The van der Waals surface area contributed by atoms with Crippen molar-refractivity contribution in [2.75, 3.05) is 54.1 Å². The molecular weight excluding hydrogens is 822 g/mol. The Morgan fingerprint density at radius 1 is 0.766 bits per heavy atom. The minimum atomic E-state index is -4.31. The van der Waals surface area contributed by atoms with Gasteiger partial charge in [-0.25, -0.2) is 9.36 Å². The lowest BCUT2D eigenvalue weighted by molar-refractivity contribution is -0.870. The van der Waals surface area contributed by atoms with Gasteiger partial charge >= 0.3 is 14.0 Å². The average molecular weight is 923 g/mol. The Kier molecular flexibility index (Phi) is 24.2. The van der Waals surface area contributed by atoms with Gasteiger partial charge in [-0.05, 0) is 97.7 Å². The molecule has 4 aliphatic rings. The number of unbranched alkanes of at least 4 members (excludes halogenated alkanes) is 15. The fourth-order valence-electron chi connectivity index (χ4n) is 12.8. The van der Waals surface area contributed by atoms with E-state index in [0.717, 1.165) is 74.5 Å². The monoisotopic (exact) mass is 923 g/mol. The van der Waals surface area contributed by atoms with E-state index in [2.05, 4.69) is 47.6 Å². The van der Waals surface area contributed by atoms with Crippen molar-refractivity contribution in [3.05, 3.63) is 11.6 Å². The minimum Gasteiger partial charge on any atom is -0.431 e. The van der Waals surface area contributed by atoms with Crippen LogP contribution in [0.5, 0.6) is 0 Å². The van der Waals surface area contributed by atoms with Crippen molar-refractivity contribution in [1.82, 2.24) is 0 Å². The standard InChI is InChI=1S/C54H100NO8P/c1-10-11-12-13-14-15-16-17-18-19-20-21-22-23-24-25-38-59-47(42-62-64(57,58)61-39-37-55(7,8)9)41-60-52(56)63-46-33-35-53(5)45(40-46)29-30-48-50-32-31-49(44(4)28-26-27-43(2)3)54(50,6)36-34-51(48)53/h29,43-44,46-51H,10-28,30-42H2,1-9H3/p+1/t44-,46+,47?,48+,49-,50+,51+,53+,54-/m1/s1. The Balaban J connectivity index is 1.19. The van der Waals surface area contributed by atoms with Gasteiger partial charge in [0.05, 0.1) is 27.7 Å². The second-order valence-electron chi connectivity index (χ2n) is 23.2. The quantitative estimate of drug-likeness (QED) is 0.0228. The van der Waals surface area contributed by atoms with E-state index in [1.54, 1.807) is 0 Å². The Hall–Kier alpha value is -0.960. The maximum Gasteiger partial charge on any atom is 0.508 e. The molecule has 10 heteroatoms. The largest absolute Gasteiger partial charge is 0.508 e. The molecule has 0 amide bonds. The number of quaternary nitrogens is 1. The van der Waals surface area contributed by atoms with Crippen LogP contribution in [0.25, 0.3) is 0 Å². The van der Waals surface area contributed by atoms with Crippen LogP contribution in [0.2, 0.25) is 0 Å². The zero-order valence-electron chi connectivity index (χ0n) is 43.0. The third kappa shape index (κ3) is 18.5. The normalized spacial score (nSPS) is 28.7. The fraction of sp³-hybridized carbons (Fsp3) is 0.944. The van der Waals surface area contributed by atoms with Gasteiger partial charge < -0.3 is 23.6 Å². The van der Waals surface area contributed by atoms with Crippen LogP contribution in [-0.2, 0) is 27.8 Å². The van der Waals surface area contributed by atoms with Gasteiger partial charge in [-0.1, -0.05) is 169 Å². The van der Waals surface area contributed by atoms with E-state index < -0.39 is 20.1 Å². The van der Waals surface area contributed by atoms with E-state index in [0.29, 0.717) is 29.0 Å². The van der Waals surface area contributed by atoms with E-state index in [1.165, 1.54) is 134 Å². The molecule has 9 nitrogen and oxygen atoms in total. The number of carbonyl (C=O) groups excluding carboxylic acids is 1. The summed E-state index contributed by atoms with van der Waals surface area (Å²) in [5, 5.41) is 0. The number of hydrogen-bond acceptors (Lipinski definition) is 7. The first-order chi connectivity index (χ1) is 30.5. The van der Waals surface area contributed by atoms with E-state index in [4.69, 9.17) is 23.3 Å². The fourth-order valence-corrected chi connectivity index (χ4v) is 13.5. The summed E-state index contributed by atoms with van der Waals surface area (Å²) in [7, 11) is 1.66. The van der Waals surface area contributed by atoms with Gasteiger partial charge in [0, 0.05) is 13.0 Å². The smallest absolute Gasteiger partial charge is 0.431 e. The molecule has 0 saturated heterocycles. The summed E-state index contributed by atoms with van der Waals surface area (Å²) in [6, 6.07) is 0. The Morgan fingerprint density at radius 2 is 1.39 bits per heavy atom. The zero-order chi connectivity index (χ0) is 46.6. The highest BCUT2D eigenvalue weighted by molar-refractivity contribution is 7.47. The van der Waals surface area contributed by atoms with Crippen molar-refractivity contribution < 1.29 is 42.0 Å². The van der Waals surface area contributed by atoms with Crippen molar-refractivity contribution in [3.63, 3.8) is 0 Å². The molecule has 2 unspecified atom stereocenters. The van der Waals surface area contributed by atoms with Gasteiger partial charge in [0.15, 0.2) is 0 Å². The second-order valence-corrected chi connectivity index (χ2v) is 24.7. The SMILES string of the molecule is CCCCCCCCCCCCCCCCCCOC(COC(=O)O[C@H]1CC[C@@]2(C)C(=CC[C@H]3[C@@H]4CC[C@H]([C@H](C)CCCC(C)C)[C@@]4(C)CC[C@@H]32)C1)COP(=O)(O)OCC[N+](C)(C)C. The summed E-state index contributed by atoms with van der Waals surface area (Å²) in [5.74, 6) is 4.75. The van der Waals surface area contributed by atoms with Crippen LogP contribution in [-0.4, -0.2) is 81.9 Å². The lowest BCUT2D eigenvalue weighted by Crippen LogP contribution is -2.51. The van der Waals surface area contributed by atoms with E-state index in [1.807, 2.05) is 21.1 Å². The lowest BCUT2D eigenvalue weighted by Gasteiger charge is -2.58. The molecule has 0 bridgehead atoms. The number of allylic oxidation sites excluding steroid dienone is 1. The number of ether oxygens (including phenoxy) is 3. The van der Waals surface area contributed by atoms with Gasteiger partial charge in [-0.3, -0.25) is 9.05 Å². The highest BCUT2D eigenvalue weighted by atomic mass is 31.2. The van der Waals surface area contributed by atoms with Crippen LogP contribution >= 0.6 is 7.82 Å². The first kappa shape index (κ1) is 55.6. The van der Waals surface area contributed by atoms with Crippen LogP contribution in [0.3, 0.4) is 0 Å². The van der Waals surface area contributed by atoms with E-state index >= 15 is 0 Å². The molecular formula is C54H101NO8P+. The number of rotatable bonds is 33. The molecule has 4 aliphatic carbocycles. The first-order valence-electron chi connectivity index (χ1n) is 27.0.